The molecule has 0 radical (unpaired) electrons. The first-order chi connectivity index (χ1) is 6.52. The zero-order valence-electron chi connectivity index (χ0n) is 8.03. The lowest BCUT2D eigenvalue weighted by Gasteiger charge is -2.15. The van der Waals surface area contributed by atoms with Crippen LogP contribution in [-0.2, 0) is 11.2 Å². The number of carboxylic acids is 1. The van der Waals surface area contributed by atoms with Gasteiger partial charge >= 0.3 is 5.97 Å². The Morgan fingerprint density at radius 3 is 2.50 bits per heavy atom. The Morgan fingerprint density at radius 2 is 2.00 bits per heavy atom. The van der Waals surface area contributed by atoms with Crippen LogP contribution in [0.5, 0.6) is 0 Å². The Hall–Kier alpha value is -1.02. The molecule has 0 amide bonds. The fourth-order valence-electron chi connectivity index (χ4n) is 1.13. The third-order valence-corrected chi connectivity index (χ3v) is 2.52. The summed E-state index contributed by atoms with van der Waals surface area (Å²) >= 11 is 5.82. The van der Waals surface area contributed by atoms with E-state index in [-0.39, 0.29) is 0 Å². The Labute approximate surface area is 88.5 Å². The van der Waals surface area contributed by atoms with Crippen molar-refractivity contribution in [2.24, 2.45) is 0 Å². The molecule has 0 heterocycles. The number of alkyl halides is 1. The summed E-state index contributed by atoms with van der Waals surface area (Å²) in [7, 11) is 0. The highest BCUT2D eigenvalue weighted by atomic mass is 35.5. The number of halogens is 1. The van der Waals surface area contributed by atoms with Gasteiger partial charge in [-0.05, 0) is 25.3 Å². The largest absolute Gasteiger partial charge is 0.480 e. The highest BCUT2D eigenvalue weighted by Gasteiger charge is 2.29. The normalized spacial score (nSPS) is 14.7. The highest BCUT2D eigenvalue weighted by Crippen LogP contribution is 2.21. The van der Waals surface area contributed by atoms with Crippen molar-refractivity contribution in [3.05, 3.63) is 35.9 Å². The fraction of sp³-hybridized carbons (Fsp3) is 0.364. The number of aryl methyl sites for hydroxylation is 1. The summed E-state index contributed by atoms with van der Waals surface area (Å²) in [5, 5.41) is 8.79. The van der Waals surface area contributed by atoms with Gasteiger partial charge in [-0.15, -0.1) is 11.6 Å². The number of benzene rings is 1. The molecular weight excluding hydrogens is 200 g/mol. The van der Waals surface area contributed by atoms with E-state index in [2.05, 4.69) is 0 Å². The van der Waals surface area contributed by atoms with Crippen LogP contribution in [-0.4, -0.2) is 16.0 Å². The Morgan fingerprint density at radius 1 is 1.43 bits per heavy atom. The van der Waals surface area contributed by atoms with Crippen molar-refractivity contribution in [3.8, 4) is 0 Å². The average Bonchev–Trinajstić information content (AvgIpc) is 2.16. The Balaban J connectivity index is 2.53. The minimum Gasteiger partial charge on any atom is -0.480 e. The first-order valence-corrected chi connectivity index (χ1v) is 4.86. The van der Waals surface area contributed by atoms with Crippen molar-refractivity contribution in [2.75, 3.05) is 0 Å². The molecule has 14 heavy (non-hydrogen) atoms. The summed E-state index contributed by atoms with van der Waals surface area (Å²) in [6, 6.07) is 9.73. The number of hydrogen-bond donors (Lipinski definition) is 1. The Bertz CT molecular complexity index is 306. The van der Waals surface area contributed by atoms with E-state index in [1.54, 1.807) is 0 Å². The predicted octanol–water partition coefficient (Wildman–Crippen LogP) is 2.70. The molecule has 0 aliphatic carbocycles. The summed E-state index contributed by atoms with van der Waals surface area (Å²) < 4.78 is 0. The number of carboxylic acid groups (broad SMARTS) is 1. The van der Waals surface area contributed by atoms with Gasteiger partial charge in [0.05, 0.1) is 0 Å². The predicted molar refractivity (Wildman–Crippen MR) is 56.7 cm³/mol. The van der Waals surface area contributed by atoms with Gasteiger partial charge in [0.25, 0.3) is 0 Å². The molecule has 3 heteroatoms. The molecule has 1 atom stereocenters. The van der Waals surface area contributed by atoms with Gasteiger partial charge in [0.2, 0.25) is 0 Å². The molecular formula is C11H13ClO2. The van der Waals surface area contributed by atoms with E-state index in [9.17, 15) is 4.79 Å². The van der Waals surface area contributed by atoms with Crippen LogP contribution in [0.4, 0.5) is 0 Å². The van der Waals surface area contributed by atoms with Crippen LogP contribution in [0.15, 0.2) is 30.3 Å². The second kappa shape index (κ2) is 4.47. The van der Waals surface area contributed by atoms with Crippen molar-refractivity contribution in [3.63, 3.8) is 0 Å². The van der Waals surface area contributed by atoms with Crippen molar-refractivity contribution in [1.82, 2.24) is 0 Å². The molecule has 0 saturated heterocycles. The van der Waals surface area contributed by atoms with E-state index in [4.69, 9.17) is 16.7 Å². The van der Waals surface area contributed by atoms with Crippen LogP contribution in [0.1, 0.15) is 18.9 Å². The van der Waals surface area contributed by atoms with Gasteiger partial charge in [-0.3, -0.25) is 4.79 Å². The summed E-state index contributed by atoms with van der Waals surface area (Å²) in [5.74, 6) is -0.963. The van der Waals surface area contributed by atoms with Gasteiger partial charge < -0.3 is 5.11 Å². The van der Waals surface area contributed by atoms with Crippen LogP contribution in [0.25, 0.3) is 0 Å². The molecule has 0 aliphatic heterocycles. The number of hydrogen-bond acceptors (Lipinski definition) is 1. The fourth-order valence-corrected chi connectivity index (χ4v) is 1.23. The van der Waals surface area contributed by atoms with Crippen LogP contribution < -0.4 is 0 Å². The van der Waals surface area contributed by atoms with Gasteiger partial charge in [0.1, 0.15) is 4.87 Å². The molecule has 1 aromatic carbocycles. The van der Waals surface area contributed by atoms with Crippen LogP contribution in [0.2, 0.25) is 0 Å². The minimum atomic E-state index is -1.16. The van der Waals surface area contributed by atoms with E-state index >= 15 is 0 Å². The lowest BCUT2D eigenvalue weighted by Crippen LogP contribution is -2.28. The van der Waals surface area contributed by atoms with Crippen LogP contribution in [0, 0.1) is 0 Å². The van der Waals surface area contributed by atoms with E-state index in [0.29, 0.717) is 12.8 Å². The zero-order chi connectivity index (χ0) is 10.6. The Kier molecular flexibility index (Phi) is 3.53. The zero-order valence-corrected chi connectivity index (χ0v) is 8.79. The molecule has 1 unspecified atom stereocenters. The molecule has 0 aromatic heterocycles. The molecule has 76 valence electrons. The third-order valence-electron chi connectivity index (χ3n) is 2.17. The lowest BCUT2D eigenvalue weighted by molar-refractivity contribution is -0.139. The van der Waals surface area contributed by atoms with Gasteiger partial charge in [-0.25, -0.2) is 0 Å². The van der Waals surface area contributed by atoms with E-state index in [1.807, 2.05) is 30.3 Å². The van der Waals surface area contributed by atoms with Gasteiger partial charge in [-0.2, -0.15) is 0 Å². The van der Waals surface area contributed by atoms with Gasteiger partial charge in [0, 0.05) is 0 Å². The van der Waals surface area contributed by atoms with Crippen molar-refractivity contribution in [1.29, 1.82) is 0 Å². The van der Waals surface area contributed by atoms with E-state index < -0.39 is 10.8 Å². The topological polar surface area (TPSA) is 37.3 Å². The number of rotatable bonds is 4. The maximum atomic E-state index is 10.7. The molecule has 0 aliphatic rings. The SMILES string of the molecule is CC(Cl)(CCc1ccccc1)C(=O)O. The molecule has 1 aromatic rings. The average molecular weight is 213 g/mol. The second-order valence-electron chi connectivity index (χ2n) is 3.49. The van der Waals surface area contributed by atoms with Gasteiger partial charge in [0.15, 0.2) is 0 Å². The monoisotopic (exact) mass is 212 g/mol. The first-order valence-electron chi connectivity index (χ1n) is 4.48. The summed E-state index contributed by atoms with van der Waals surface area (Å²) in [4.78, 5) is 9.55. The molecule has 0 bridgehead atoms. The lowest BCUT2D eigenvalue weighted by atomic mass is 10.0. The maximum Gasteiger partial charge on any atom is 0.324 e. The summed E-state index contributed by atoms with van der Waals surface area (Å²) in [6.07, 6.45) is 1.13. The summed E-state index contributed by atoms with van der Waals surface area (Å²) in [6.45, 7) is 1.53. The quantitative estimate of drug-likeness (QED) is 0.780. The van der Waals surface area contributed by atoms with Crippen LogP contribution in [0.3, 0.4) is 0 Å². The summed E-state index contributed by atoms with van der Waals surface area (Å²) in [5.41, 5.74) is 1.11. The standard InChI is InChI=1S/C11H13ClO2/c1-11(12,10(13)14)8-7-9-5-3-2-4-6-9/h2-6H,7-8H2,1H3,(H,13,14). The minimum absolute atomic E-state index is 0.438. The first kappa shape index (κ1) is 11.1. The van der Waals surface area contributed by atoms with Crippen molar-refractivity contribution >= 4 is 17.6 Å². The molecule has 0 spiro atoms. The smallest absolute Gasteiger partial charge is 0.324 e. The van der Waals surface area contributed by atoms with Crippen molar-refractivity contribution in [2.45, 2.75) is 24.6 Å². The van der Waals surface area contributed by atoms with Crippen molar-refractivity contribution < 1.29 is 9.90 Å². The van der Waals surface area contributed by atoms with Gasteiger partial charge in [-0.1, -0.05) is 30.3 Å². The second-order valence-corrected chi connectivity index (χ2v) is 4.32. The molecule has 0 saturated carbocycles. The maximum absolute atomic E-state index is 10.7. The number of carbonyl (C=O) groups is 1. The molecule has 1 N–H and O–H groups in total. The van der Waals surface area contributed by atoms with Crippen LogP contribution >= 0.6 is 11.6 Å². The molecule has 0 fully saturated rings. The number of aliphatic carboxylic acids is 1. The molecule has 1 rings (SSSR count). The molecule has 2 nitrogen and oxygen atoms in total. The highest BCUT2D eigenvalue weighted by molar-refractivity contribution is 6.33. The van der Waals surface area contributed by atoms with E-state index in [0.717, 1.165) is 5.56 Å². The van der Waals surface area contributed by atoms with E-state index in [1.165, 1.54) is 6.92 Å². The third kappa shape index (κ3) is 3.04.